The third-order valence-electron chi connectivity index (χ3n) is 9.23. The quantitative estimate of drug-likeness (QED) is 0.249. The second kappa shape index (κ2) is 41.7. The van der Waals surface area contributed by atoms with E-state index < -0.39 is 0 Å². The summed E-state index contributed by atoms with van der Waals surface area (Å²) in [4.78, 5) is 21.3. The predicted octanol–water partition coefficient (Wildman–Crippen LogP) is 7.14. The number of likely N-dealkylation sites (N-methyl/N-ethyl adjacent to an activating group) is 3. The van der Waals surface area contributed by atoms with Crippen LogP contribution in [-0.4, -0.2) is 180 Å². The number of piperidine rings is 1. The molecule has 7 rings (SSSR count). The van der Waals surface area contributed by atoms with Gasteiger partial charge in [0, 0.05) is 104 Å². The second-order valence-corrected chi connectivity index (χ2v) is 15.3. The summed E-state index contributed by atoms with van der Waals surface area (Å²) in [5.74, 6) is 0. The molecule has 0 saturated carbocycles. The van der Waals surface area contributed by atoms with Crippen LogP contribution in [0.15, 0.2) is 86.2 Å². The summed E-state index contributed by atoms with van der Waals surface area (Å²) in [5, 5.41) is 4.19. The number of aryl methyl sites for hydroxylation is 2. The molecule has 1 aromatic carbocycles. The van der Waals surface area contributed by atoms with E-state index in [2.05, 4.69) is 106 Å². The molecule has 0 N–H and O–H groups in total. The van der Waals surface area contributed by atoms with Crippen LogP contribution in [0, 0.1) is 6.92 Å². The van der Waals surface area contributed by atoms with Crippen molar-refractivity contribution in [3.8, 4) is 0 Å². The van der Waals surface area contributed by atoms with Crippen LogP contribution >= 0.6 is 0 Å². The maximum Gasteiger partial charge on any atom is 0.0943 e. The van der Waals surface area contributed by atoms with Gasteiger partial charge < -0.3 is 44.0 Å². The van der Waals surface area contributed by atoms with Crippen molar-refractivity contribution in [1.82, 2.24) is 39.0 Å². The maximum atomic E-state index is 5.10. The number of likely N-dealkylation sites (tertiary alicyclic amines) is 2. The van der Waals surface area contributed by atoms with Gasteiger partial charge in [-0.25, -0.2) is 4.98 Å². The number of piperazine rings is 1. The van der Waals surface area contributed by atoms with Crippen molar-refractivity contribution in [3.05, 3.63) is 97.1 Å². The molecule has 0 aliphatic carbocycles. The summed E-state index contributed by atoms with van der Waals surface area (Å²) in [6.45, 7) is 23.7. The van der Waals surface area contributed by atoms with Crippen molar-refractivity contribution in [2.24, 2.45) is 7.05 Å². The first-order valence-corrected chi connectivity index (χ1v) is 21.2. The van der Waals surface area contributed by atoms with Gasteiger partial charge in [-0.05, 0) is 150 Å². The molecule has 4 aliphatic rings. The van der Waals surface area contributed by atoms with Crippen LogP contribution in [-0.2, 0) is 44.5 Å². The molecule has 0 amide bonds. The van der Waals surface area contributed by atoms with Gasteiger partial charge in [0.25, 0.3) is 0 Å². The number of benzene rings is 1. The average Bonchev–Trinajstić information content (AvgIpc) is 3.92. The van der Waals surface area contributed by atoms with Crippen LogP contribution in [0.3, 0.4) is 0 Å². The van der Waals surface area contributed by atoms with Gasteiger partial charge >= 0.3 is 0 Å². The number of morpholine rings is 1. The molecule has 4 aliphatic heterocycles. The fourth-order valence-corrected chi connectivity index (χ4v) is 5.46. The molecule has 0 unspecified atom stereocenters. The van der Waals surface area contributed by atoms with E-state index in [1.807, 2.05) is 75.2 Å². The van der Waals surface area contributed by atoms with Crippen LogP contribution in [0.4, 0.5) is 5.69 Å². The van der Waals surface area contributed by atoms with Gasteiger partial charge in [-0.2, -0.15) is 0 Å². The summed E-state index contributed by atoms with van der Waals surface area (Å²) >= 11 is 0. The molecular weight excluding hydrogens is 797 g/mol. The molecule has 58 heavy (non-hydrogen) atoms. The van der Waals surface area contributed by atoms with Crippen LogP contribution in [0.25, 0.3) is 5.32 Å². The number of hydrogen-bond acceptors (Lipinski definition) is 9. The Bertz CT molecular complexity index is 1180. The molecule has 329 valence electrons. The second-order valence-electron chi connectivity index (χ2n) is 15.3. The van der Waals surface area contributed by atoms with Crippen molar-refractivity contribution >= 4 is 5.69 Å². The average molecular weight is 883 g/mol. The Labute approximate surface area is 382 Å². The van der Waals surface area contributed by atoms with Crippen LogP contribution < -0.4 is 4.90 Å². The van der Waals surface area contributed by atoms with Gasteiger partial charge in [-0.1, -0.05) is 37.6 Å². The minimum Gasteiger partial charge on any atom is -0.660 e. The first-order chi connectivity index (χ1) is 27.5. The number of pyridine rings is 1. The Balaban J connectivity index is 0. The normalized spacial score (nSPS) is 16.5. The van der Waals surface area contributed by atoms with Crippen molar-refractivity contribution < 1.29 is 37.4 Å². The van der Waals surface area contributed by atoms with E-state index >= 15 is 0 Å². The van der Waals surface area contributed by atoms with Gasteiger partial charge in [-0.15, -0.1) is 19.7 Å². The van der Waals surface area contributed by atoms with Crippen LogP contribution in [0.5, 0.6) is 0 Å². The van der Waals surface area contributed by atoms with Gasteiger partial charge in [0.15, 0.2) is 0 Å². The summed E-state index contributed by atoms with van der Waals surface area (Å²) in [5.41, 5.74) is 2.51. The van der Waals surface area contributed by atoms with E-state index in [-0.39, 0.29) is 32.7 Å². The van der Waals surface area contributed by atoms with Gasteiger partial charge in [-0.3, -0.25) is 4.98 Å². The van der Waals surface area contributed by atoms with E-state index in [9.17, 15) is 0 Å². The predicted molar refractivity (Wildman–Crippen MR) is 248 cm³/mol. The zero-order valence-electron chi connectivity index (χ0n) is 38.8. The van der Waals surface area contributed by atoms with Crippen molar-refractivity contribution in [3.63, 3.8) is 0 Å². The Hall–Kier alpha value is -2.06. The summed E-state index contributed by atoms with van der Waals surface area (Å²) in [6.07, 6.45) is 19.2. The van der Waals surface area contributed by atoms with Gasteiger partial charge in [0.2, 0.25) is 0 Å². The molecule has 0 spiro atoms. The van der Waals surface area contributed by atoms with Crippen molar-refractivity contribution in [2.75, 3.05) is 146 Å². The minimum absolute atomic E-state index is 0. The summed E-state index contributed by atoms with van der Waals surface area (Å²) in [7, 11) is 16.7. The standard InChI is InChI=1S/C8H11N.C7H15N.C6H7N.C6H13N.C5H11N2.C5H11NO.C5H11N.C4H6N2.Y/c1-9(2)8-6-4-3-5-7-8;1-4-6-8(3)7-5-2;1-6-2-4-7-5-3-6;1-7-5-3-2-4-6-7;1-7-4-2-6-3-5-7;1-6-2-4-7-5-3-6;1-6-4-2-3-5-6;1-6-3-2-5-4-6;/h3-7H,1-2H3;4H,1,5-7H2,2-3H3;2-5H,1H3;2-6H2,1H3;2*2-5H2,1H3;2-5H2,1H3;2-4H,1H3;/q;;;;-1;;;;. The topological polar surface area (TPSA) is 73.5 Å². The molecule has 6 heterocycles. The maximum absolute atomic E-state index is 5.10. The molecule has 1 radical (unpaired) electrons. The molecule has 12 heteroatoms. The summed E-state index contributed by atoms with van der Waals surface area (Å²) < 4.78 is 6.99. The van der Waals surface area contributed by atoms with Crippen molar-refractivity contribution in [1.29, 1.82) is 0 Å². The molecule has 4 fully saturated rings. The largest absolute Gasteiger partial charge is 0.660 e. The van der Waals surface area contributed by atoms with Gasteiger partial charge in [0.05, 0.1) is 19.5 Å². The van der Waals surface area contributed by atoms with Gasteiger partial charge in [0.1, 0.15) is 0 Å². The van der Waals surface area contributed by atoms with Crippen LogP contribution in [0.1, 0.15) is 51.0 Å². The number of rotatable bonds is 5. The molecule has 11 nitrogen and oxygen atoms in total. The van der Waals surface area contributed by atoms with E-state index in [0.29, 0.717) is 0 Å². The Morgan fingerprint density at radius 3 is 1.45 bits per heavy atom. The minimum atomic E-state index is 0. The fraction of sp³-hybridized carbons (Fsp3) is 0.652. The first kappa shape index (κ1) is 58.0. The molecule has 0 bridgehead atoms. The number of nitrogens with zero attached hydrogens (tertiary/aromatic N) is 10. The molecule has 2 aromatic heterocycles. The summed E-state index contributed by atoms with van der Waals surface area (Å²) in [6, 6.07) is 14.2. The van der Waals surface area contributed by atoms with E-state index in [1.165, 1.54) is 82.5 Å². The number of hydrogen-bond donors (Lipinski definition) is 0. The smallest absolute Gasteiger partial charge is 0.0943 e. The third-order valence-corrected chi connectivity index (χ3v) is 9.23. The molecular formula is C46H85N10OY-. The van der Waals surface area contributed by atoms with Crippen LogP contribution in [0.2, 0.25) is 0 Å². The third kappa shape index (κ3) is 39.4. The fourth-order valence-electron chi connectivity index (χ4n) is 5.46. The Kier molecular flexibility index (Phi) is 41.7. The SMILES string of the molecule is C=CCN(C)CCC.CN(C)c1ccccc1.CN1CCCC1.CN1CCCCC1.CN1CCOCC1.CN1CC[N-]CC1.Cc1ccncc1.Cn1ccnc1.[Y]. The number of para-hydroxylation sites is 1. The molecule has 0 atom stereocenters. The number of anilines is 1. The number of imidazole rings is 1. The zero-order chi connectivity index (χ0) is 42.4. The van der Waals surface area contributed by atoms with Crippen molar-refractivity contribution in [2.45, 2.75) is 52.4 Å². The zero-order valence-corrected chi connectivity index (χ0v) is 41.7. The molecule has 3 aromatic rings. The van der Waals surface area contributed by atoms with E-state index in [1.54, 1.807) is 24.9 Å². The van der Waals surface area contributed by atoms with E-state index in [4.69, 9.17) is 4.74 Å². The first-order valence-electron chi connectivity index (χ1n) is 21.2. The Morgan fingerprint density at radius 1 is 0.690 bits per heavy atom. The monoisotopic (exact) mass is 883 g/mol. The molecule has 4 saturated heterocycles. The number of aromatic nitrogens is 3. The number of ether oxygens (including phenoxy) is 1. The Morgan fingerprint density at radius 2 is 1.19 bits per heavy atom. The van der Waals surface area contributed by atoms with E-state index in [0.717, 1.165) is 59.0 Å².